The second-order valence-corrected chi connectivity index (χ2v) is 5.38. The molecule has 1 rings (SSSR count). The molecule has 4 heteroatoms. The van der Waals surface area contributed by atoms with Crippen molar-refractivity contribution in [1.29, 1.82) is 0 Å². The number of benzene rings is 1. The highest BCUT2D eigenvalue weighted by Gasteiger charge is 2.26. The Morgan fingerprint density at radius 3 is 2.14 bits per heavy atom. The van der Waals surface area contributed by atoms with Crippen LogP contribution >= 0.6 is 0 Å². The second-order valence-electron chi connectivity index (χ2n) is 5.38. The highest BCUT2D eigenvalue weighted by Crippen LogP contribution is 2.33. The number of unbranched alkanes of at least 4 members (excludes halogenated alkanes) is 2. The van der Waals surface area contributed by atoms with E-state index in [0.29, 0.717) is 17.9 Å². The Bertz CT molecular complexity index is 434. The van der Waals surface area contributed by atoms with Gasteiger partial charge >= 0.3 is 5.97 Å². The van der Waals surface area contributed by atoms with Crippen LogP contribution in [0.25, 0.3) is 0 Å². The number of hydrogen-bond donors (Lipinski definition) is 1. The van der Waals surface area contributed by atoms with Gasteiger partial charge in [-0.1, -0.05) is 33.1 Å². The standard InChI is InChI=1S/C17H26O4/c1-5-6-7-8-16(17(18)19)12(2)13-9-14(20-3)11-15(10-13)21-4/h9-12,16H,5-8H2,1-4H3,(H,18,19)/t12-,16+/m0/s1. The molecule has 0 amide bonds. The van der Waals surface area contributed by atoms with Gasteiger partial charge in [0.05, 0.1) is 20.1 Å². The fraction of sp³-hybridized carbons (Fsp3) is 0.588. The van der Waals surface area contributed by atoms with Crippen LogP contribution in [-0.4, -0.2) is 25.3 Å². The fourth-order valence-electron chi connectivity index (χ4n) is 2.53. The Balaban J connectivity index is 2.96. The molecule has 0 heterocycles. The molecule has 2 atom stereocenters. The molecular weight excluding hydrogens is 268 g/mol. The maximum atomic E-state index is 11.6. The first-order valence-corrected chi connectivity index (χ1v) is 7.49. The quantitative estimate of drug-likeness (QED) is 0.697. The average molecular weight is 294 g/mol. The number of hydrogen-bond acceptors (Lipinski definition) is 3. The summed E-state index contributed by atoms with van der Waals surface area (Å²) < 4.78 is 10.5. The zero-order valence-electron chi connectivity index (χ0n) is 13.4. The van der Waals surface area contributed by atoms with E-state index in [1.807, 2.05) is 19.1 Å². The Morgan fingerprint density at radius 1 is 1.14 bits per heavy atom. The number of methoxy groups -OCH3 is 2. The highest BCUT2D eigenvalue weighted by molar-refractivity contribution is 5.71. The van der Waals surface area contributed by atoms with E-state index < -0.39 is 5.97 Å². The molecule has 21 heavy (non-hydrogen) atoms. The maximum Gasteiger partial charge on any atom is 0.307 e. The highest BCUT2D eigenvalue weighted by atomic mass is 16.5. The fourth-order valence-corrected chi connectivity index (χ4v) is 2.53. The van der Waals surface area contributed by atoms with Gasteiger partial charge in [-0.05, 0) is 30.0 Å². The third kappa shape index (κ3) is 4.96. The van der Waals surface area contributed by atoms with E-state index >= 15 is 0 Å². The summed E-state index contributed by atoms with van der Waals surface area (Å²) in [6.45, 7) is 4.07. The Morgan fingerprint density at radius 2 is 1.71 bits per heavy atom. The SMILES string of the molecule is CCCCC[C@@H](C(=O)O)[C@@H](C)c1cc(OC)cc(OC)c1. The molecule has 0 unspecified atom stereocenters. The van der Waals surface area contributed by atoms with Gasteiger partial charge in [0.15, 0.2) is 0 Å². The Hall–Kier alpha value is -1.71. The molecule has 0 aliphatic heterocycles. The average Bonchev–Trinajstić information content (AvgIpc) is 2.50. The molecule has 1 N–H and O–H groups in total. The summed E-state index contributed by atoms with van der Waals surface area (Å²) in [6, 6.07) is 5.58. The van der Waals surface area contributed by atoms with Crippen molar-refractivity contribution in [3.63, 3.8) is 0 Å². The predicted octanol–water partition coefficient (Wildman–Crippen LogP) is 4.09. The van der Waals surface area contributed by atoms with Crippen molar-refractivity contribution in [2.24, 2.45) is 5.92 Å². The lowest BCUT2D eigenvalue weighted by Gasteiger charge is -2.21. The van der Waals surface area contributed by atoms with Gasteiger partial charge in [-0.15, -0.1) is 0 Å². The number of carboxylic acid groups (broad SMARTS) is 1. The first-order chi connectivity index (χ1) is 10.0. The maximum absolute atomic E-state index is 11.6. The molecule has 1 aromatic carbocycles. The monoisotopic (exact) mass is 294 g/mol. The van der Waals surface area contributed by atoms with E-state index in [9.17, 15) is 9.90 Å². The van der Waals surface area contributed by atoms with E-state index in [4.69, 9.17) is 9.47 Å². The third-order valence-corrected chi connectivity index (χ3v) is 3.94. The number of carboxylic acids is 1. The first-order valence-electron chi connectivity index (χ1n) is 7.49. The van der Waals surface area contributed by atoms with Crippen molar-refractivity contribution < 1.29 is 19.4 Å². The van der Waals surface area contributed by atoms with Crippen LogP contribution in [-0.2, 0) is 4.79 Å². The number of aliphatic carboxylic acids is 1. The van der Waals surface area contributed by atoms with Crippen LogP contribution < -0.4 is 9.47 Å². The minimum Gasteiger partial charge on any atom is -0.497 e. The second kappa shape index (κ2) is 8.55. The van der Waals surface area contributed by atoms with Gasteiger partial charge < -0.3 is 14.6 Å². The van der Waals surface area contributed by atoms with Crippen LogP contribution in [0.2, 0.25) is 0 Å². The van der Waals surface area contributed by atoms with E-state index in [0.717, 1.165) is 24.8 Å². The van der Waals surface area contributed by atoms with Crippen LogP contribution in [0.3, 0.4) is 0 Å². The third-order valence-electron chi connectivity index (χ3n) is 3.94. The largest absolute Gasteiger partial charge is 0.497 e. The lowest BCUT2D eigenvalue weighted by molar-refractivity contribution is -0.142. The van der Waals surface area contributed by atoms with Crippen molar-refractivity contribution in [3.8, 4) is 11.5 Å². The molecule has 0 saturated carbocycles. The Kier molecular flexibility index (Phi) is 7.06. The molecule has 4 nitrogen and oxygen atoms in total. The molecule has 0 bridgehead atoms. The molecule has 1 aromatic rings. The minimum atomic E-state index is -0.736. The molecule has 0 saturated heterocycles. The van der Waals surface area contributed by atoms with Crippen LogP contribution in [0.1, 0.15) is 51.0 Å². The van der Waals surface area contributed by atoms with Gasteiger partial charge in [0, 0.05) is 6.07 Å². The molecule has 0 radical (unpaired) electrons. The van der Waals surface area contributed by atoms with Gasteiger partial charge in [-0.2, -0.15) is 0 Å². The summed E-state index contributed by atoms with van der Waals surface area (Å²) in [5, 5.41) is 9.49. The van der Waals surface area contributed by atoms with E-state index in [2.05, 4.69) is 6.92 Å². The van der Waals surface area contributed by atoms with Gasteiger partial charge in [0.25, 0.3) is 0 Å². The molecule has 0 aliphatic rings. The van der Waals surface area contributed by atoms with Crippen molar-refractivity contribution >= 4 is 5.97 Å². The molecule has 0 spiro atoms. The van der Waals surface area contributed by atoms with Crippen molar-refractivity contribution in [2.45, 2.75) is 45.4 Å². The van der Waals surface area contributed by atoms with Gasteiger partial charge in [0.2, 0.25) is 0 Å². The van der Waals surface area contributed by atoms with Gasteiger partial charge in [0.1, 0.15) is 11.5 Å². The summed E-state index contributed by atoms with van der Waals surface area (Å²) in [4.78, 5) is 11.6. The number of ether oxygens (including phenoxy) is 2. The van der Waals surface area contributed by atoms with Crippen molar-refractivity contribution in [2.75, 3.05) is 14.2 Å². The van der Waals surface area contributed by atoms with Crippen LogP contribution in [0, 0.1) is 5.92 Å². The van der Waals surface area contributed by atoms with Crippen molar-refractivity contribution in [1.82, 2.24) is 0 Å². The van der Waals surface area contributed by atoms with E-state index in [1.54, 1.807) is 20.3 Å². The van der Waals surface area contributed by atoms with Gasteiger partial charge in [-0.25, -0.2) is 0 Å². The zero-order chi connectivity index (χ0) is 15.8. The molecule has 118 valence electrons. The van der Waals surface area contributed by atoms with Crippen LogP contribution in [0.5, 0.6) is 11.5 Å². The van der Waals surface area contributed by atoms with Crippen LogP contribution in [0.15, 0.2) is 18.2 Å². The molecule has 0 aromatic heterocycles. The molecule has 0 aliphatic carbocycles. The normalized spacial score (nSPS) is 13.5. The van der Waals surface area contributed by atoms with Crippen molar-refractivity contribution in [3.05, 3.63) is 23.8 Å². The van der Waals surface area contributed by atoms with E-state index in [-0.39, 0.29) is 11.8 Å². The Labute approximate surface area is 127 Å². The zero-order valence-corrected chi connectivity index (χ0v) is 13.4. The first kappa shape index (κ1) is 17.3. The lowest BCUT2D eigenvalue weighted by Crippen LogP contribution is -2.20. The predicted molar refractivity (Wildman–Crippen MR) is 83.2 cm³/mol. The van der Waals surface area contributed by atoms with E-state index in [1.165, 1.54) is 0 Å². The van der Waals surface area contributed by atoms with Crippen LogP contribution in [0.4, 0.5) is 0 Å². The van der Waals surface area contributed by atoms with Gasteiger partial charge in [-0.3, -0.25) is 4.79 Å². The number of carbonyl (C=O) groups is 1. The minimum absolute atomic E-state index is 0.0802. The smallest absolute Gasteiger partial charge is 0.307 e. The lowest BCUT2D eigenvalue weighted by atomic mass is 9.84. The summed E-state index contributed by atoms with van der Waals surface area (Å²) in [7, 11) is 3.19. The summed E-state index contributed by atoms with van der Waals surface area (Å²) in [5.41, 5.74) is 0.940. The summed E-state index contributed by atoms with van der Waals surface area (Å²) in [5.74, 6) is 0.180. The number of rotatable bonds is 9. The summed E-state index contributed by atoms with van der Waals surface area (Å²) >= 11 is 0. The summed E-state index contributed by atoms with van der Waals surface area (Å²) in [6.07, 6.45) is 3.80. The molecule has 0 fully saturated rings. The topological polar surface area (TPSA) is 55.8 Å². The molecular formula is C17H26O4.